The number of imidazole rings is 1. The number of nitrogens with zero attached hydrogens (tertiary/aromatic N) is 2. The first-order chi connectivity index (χ1) is 19.8. The number of unbranched alkanes of at least 4 members (excludes halogenated alkanes) is 26. The molecule has 0 aromatic carbocycles. The summed E-state index contributed by atoms with van der Waals surface area (Å²) in [6, 6.07) is 0. The van der Waals surface area contributed by atoms with Crippen LogP contribution in [0, 0.1) is 0 Å². The normalized spacial score (nSPS) is 11.6. The van der Waals surface area contributed by atoms with E-state index in [0.717, 1.165) is 0 Å². The maximum absolute atomic E-state index is 2.63. The van der Waals surface area contributed by atoms with Gasteiger partial charge in [-0.05, 0) is 32.1 Å². The van der Waals surface area contributed by atoms with E-state index in [1.54, 1.807) is 5.82 Å². The summed E-state index contributed by atoms with van der Waals surface area (Å²) >= 11 is 0. The molecule has 0 atom stereocenters. The van der Waals surface area contributed by atoms with Crippen LogP contribution in [-0.4, -0.2) is 4.57 Å². The summed E-state index contributed by atoms with van der Waals surface area (Å²) in [5, 5.41) is 0. The van der Waals surface area contributed by atoms with Crippen molar-refractivity contribution in [3.63, 3.8) is 0 Å². The van der Waals surface area contributed by atoms with Gasteiger partial charge in [0, 0.05) is 6.42 Å². The first-order valence-corrected chi connectivity index (χ1v) is 18.9. The van der Waals surface area contributed by atoms with E-state index in [1.807, 2.05) is 0 Å². The Labute approximate surface area is 253 Å². The number of aryl methyl sites for hydroxylation is 2. The van der Waals surface area contributed by atoms with Crippen LogP contribution in [0.15, 0.2) is 12.4 Å². The lowest BCUT2D eigenvalue weighted by Gasteiger charge is -2.07. The fourth-order valence-corrected chi connectivity index (χ4v) is 6.33. The van der Waals surface area contributed by atoms with Crippen molar-refractivity contribution in [1.82, 2.24) is 4.57 Å². The number of hydrogen-bond acceptors (Lipinski definition) is 0. The molecule has 2 nitrogen and oxygen atoms in total. The molecule has 0 saturated heterocycles. The van der Waals surface area contributed by atoms with Gasteiger partial charge < -0.3 is 0 Å². The van der Waals surface area contributed by atoms with Crippen molar-refractivity contribution >= 4 is 0 Å². The Morgan fingerprint density at radius 2 is 0.775 bits per heavy atom. The highest BCUT2D eigenvalue weighted by Crippen LogP contribution is 2.15. The molecular formula is C38H75N2+. The van der Waals surface area contributed by atoms with Crippen LogP contribution in [0.3, 0.4) is 0 Å². The minimum Gasteiger partial charge on any atom is -0.234 e. The third-order valence-electron chi connectivity index (χ3n) is 9.10. The van der Waals surface area contributed by atoms with Gasteiger partial charge in [-0.1, -0.05) is 175 Å². The zero-order chi connectivity index (χ0) is 28.8. The van der Waals surface area contributed by atoms with Gasteiger partial charge in [0.05, 0.1) is 13.1 Å². The molecule has 0 unspecified atom stereocenters. The molecule has 0 saturated carbocycles. The van der Waals surface area contributed by atoms with E-state index in [1.165, 1.54) is 206 Å². The highest BCUT2D eigenvalue weighted by Gasteiger charge is 2.16. The van der Waals surface area contributed by atoms with Crippen LogP contribution in [0.25, 0.3) is 0 Å². The number of rotatable bonds is 32. The zero-order valence-electron chi connectivity index (χ0n) is 28.2. The van der Waals surface area contributed by atoms with Crippen molar-refractivity contribution in [2.45, 2.75) is 226 Å². The Morgan fingerprint density at radius 3 is 1.20 bits per heavy atom. The summed E-state index contributed by atoms with van der Waals surface area (Å²) in [6.45, 7) is 9.39. The highest BCUT2D eigenvalue weighted by molar-refractivity contribution is 4.84. The van der Waals surface area contributed by atoms with Crippen LogP contribution >= 0.6 is 0 Å². The third-order valence-corrected chi connectivity index (χ3v) is 9.10. The Morgan fingerprint density at radius 1 is 0.425 bits per heavy atom. The highest BCUT2D eigenvalue weighted by atomic mass is 15.1. The summed E-state index contributed by atoms with van der Waals surface area (Å²) in [6.07, 6.45) is 47.4. The molecule has 1 aromatic rings. The SMILES string of the molecule is CCCCCCCCCCCCCCCCC[n+]1ccn(CCCCCCCC)c1CCCCCCCCCC. The minimum atomic E-state index is 1.23. The lowest BCUT2D eigenvalue weighted by Crippen LogP contribution is -2.37. The van der Waals surface area contributed by atoms with E-state index in [0.29, 0.717) is 0 Å². The second-order valence-electron chi connectivity index (χ2n) is 13.0. The van der Waals surface area contributed by atoms with Gasteiger partial charge in [0.2, 0.25) is 0 Å². The predicted octanol–water partition coefficient (Wildman–Crippen LogP) is 12.7. The van der Waals surface area contributed by atoms with Crippen LogP contribution < -0.4 is 4.57 Å². The second-order valence-corrected chi connectivity index (χ2v) is 13.0. The molecular weight excluding hydrogens is 484 g/mol. The molecule has 0 radical (unpaired) electrons. The standard InChI is InChI=1S/C38H75N2/c1-4-7-10-13-16-18-19-20-21-22-23-24-26-29-32-35-40-37-36-39(34-31-28-15-12-9-6-3)38(40)33-30-27-25-17-14-11-8-5-2/h36-37H,4-35H2,1-3H3/q+1. The first kappa shape index (κ1) is 37.2. The summed E-state index contributed by atoms with van der Waals surface area (Å²) in [7, 11) is 0. The van der Waals surface area contributed by atoms with Gasteiger partial charge in [-0.25, -0.2) is 9.13 Å². The van der Waals surface area contributed by atoms with Gasteiger partial charge in [0.1, 0.15) is 12.4 Å². The summed E-state index contributed by atoms with van der Waals surface area (Å²) in [4.78, 5) is 0. The maximum atomic E-state index is 2.63. The molecule has 0 spiro atoms. The molecule has 1 rings (SSSR count). The van der Waals surface area contributed by atoms with Gasteiger partial charge in [-0.2, -0.15) is 0 Å². The van der Waals surface area contributed by atoms with Crippen LogP contribution in [0.2, 0.25) is 0 Å². The van der Waals surface area contributed by atoms with Crippen LogP contribution in [0.5, 0.6) is 0 Å². The predicted molar refractivity (Wildman–Crippen MR) is 179 cm³/mol. The smallest absolute Gasteiger partial charge is 0.234 e. The topological polar surface area (TPSA) is 8.81 Å². The number of aromatic nitrogens is 2. The van der Waals surface area contributed by atoms with E-state index in [-0.39, 0.29) is 0 Å². The average molecular weight is 560 g/mol. The van der Waals surface area contributed by atoms with Crippen molar-refractivity contribution in [3.8, 4) is 0 Å². The minimum absolute atomic E-state index is 1.23. The lowest BCUT2D eigenvalue weighted by atomic mass is 10.0. The van der Waals surface area contributed by atoms with E-state index in [4.69, 9.17) is 0 Å². The molecule has 0 aliphatic heterocycles. The summed E-state index contributed by atoms with van der Waals surface area (Å²) in [5.74, 6) is 1.62. The largest absolute Gasteiger partial charge is 0.256 e. The molecule has 0 bridgehead atoms. The Bertz CT molecular complexity index is 619. The Hall–Kier alpha value is -0.790. The van der Waals surface area contributed by atoms with Crippen LogP contribution in [0.1, 0.15) is 213 Å². The van der Waals surface area contributed by atoms with Crippen LogP contribution in [-0.2, 0) is 19.5 Å². The van der Waals surface area contributed by atoms with E-state index in [9.17, 15) is 0 Å². The molecule has 0 N–H and O–H groups in total. The average Bonchev–Trinajstić information content (AvgIpc) is 3.35. The van der Waals surface area contributed by atoms with Crippen molar-refractivity contribution < 1.29 is 4.57 Å². The molecule has 40 heavy (non-hydrogen) atoms. The monoisotopic (exact) mass is 560 g/mol. The zero-order valence-corrected chi connectivity index (χ0v) is 28.2. The molecule has 0 amide bonds. The fraction of sp³-hybridized carbons (Fsp3) is 0.921. The molecule has 1 heterocycles. The van der Waals surface area contributed by atoms with Gasteiger partial charge in [0.25, 0.3) is 5.82 Å². The molecule has 2 heteroatoms. The molecule has 0 aliphatic rings. The molecule has 0 aliphatic carbocycles. The van der Waals surface area contributed by atoms with Crippen molar-refractivity contribution in [1.29, 1.82) is 0 Å². The second kappa shape index (κ2) is 29.7. The van der Waals surface area contributed by atoms with Gasteiger partial charge in [-0.3, -0.25) is 0 Å². The van der Waals surface area contributed by atoms with Crippen LogP contribution in [0.4, 0.5) is 0 Å². The third kappa shape index (κ3) is 21.9. The van der Waals surface area contributed by atoms with Crippen molar-refractivity contribution in [3.05, 3.63) is 18.2 Å². The molecule has 236 valence electrons. The summed E-state index contributed by atoms with van der Waals surface area (Å²) in [5.41, 5.74) is 0. The van der Waals surface area contributed by atoms with Gasteiger partial charge in [-0.15, -0.1) is 0 Å². The number of hydrogen-bond donors (Lipinski definition) is 0. The Balaban J connectivity index is 2.22. The van der Waals surface area contributed by atoms with Crippen molar-refractivity contribution in [2.75, 3.05) is 0 Å². The fourth-order valence-electron chi connectivity index (χ4n) is 6.33. The quantitative estimate of drug-likeness (QED) is 0.0613. The first-order valence-electron chi connectivity index (χ1n) is 18.9. The maximum Gasteiger partial charge on any atom is 0.256 e. The molecule has 1 aromatic heterocycles. The summed E-state index contributed by atoms with van der Waals surface area (Å²) < 4.78 is 5.24. The van der Waals surface area contributed by atoms with E-state index < -0.39 is 0 Å². The Kier molecular flexibility index (Phi) is 27.6. The lowest BCUT2D eigenvalue weighted by molar-refractivity contribution is -0.704. The van der Waals surface area contributed by atoms with Gasteiger partial charge >= 0.3 is 0 Å². The van der Waals surface area contributed by atoms with Crippen molar-refractivity contribution in [2.24, 2.45) is 0 Å². The van der Waals surface area contributed by atoms with Gasteiger partial charge in [0.15, 0.2) is 0 Å². The molecule has 0 fully saturated rings. The van der Waals surface area contributed by atoms with E-state index in [2.05, 4.69) is 42.3 Å². The van der Waals surface area contributed by atoms with E-state index >= 15 is 0 Å².